The van der Waals surface area contributed by atoms with Crippen molar-refractivity contribution in [2.75, 3.05) is 26.1 Å². The van der Waals surface area contributed by atoms with Crippen molar-refractivity contribution in [3.05, 3.63) is 29.9 Å². The van der Waals surface area contributed by atoms with Crippen LogP contribution in [0.1, 0.15) is 30.6 Å². The van der Waals surface area contributed by atoms with E-state index in [1.807, 2.05) is 0 Å². The Bertz CT molecular complexity index is 731. The van der Waals surface area contributed by atoms with Crippen molar-refractivity contribution in [3.8, 4) is 11.5 Å². The molecular weight excluding hydrogens is 312 g/mol. The second-order valence-corrected chi connectivity index (χ2v) is 5.53. The van der Waals surface area contributed by atoms with Gasteiger partial charge in [0, 0.05) is 18.3 Å². The Balaban J connectivity index is 1.74. The SMILES string of the molecule is COc1ccc(NC(=O)N2CCCC2c2nc(C)no2)cc1OC. The number of hydrogen-bond acceptors (Lipinski definition) is 6. The summed E-state index contributed by atoms with van der Waals surface area (Å²) in [4.78, 5) is 18.6. The standard InChI is InChI=1S/C16H20N4O4/c1-10-17-15(24-19-10)12-5-4-8-20(12)16(21)18-11-6-7-13(22-2)14(9-11)23-3/h6-7,9,12H,4-5,8H2,1-3H3,(H,18,21). The molecule has 2 heterocycles. The van der Waals surface area contributed by atoms with Crippen LogP contribution in [0.15, 0.2) is 22.7 Å². The van der Waals surface area contributed by atoms with Crippen LogP contribution >= 0.6 is 0 Å². The summed E-state index contributed by atoms with van der Waals surface area (Å²) in [6.45, 7) is 2.40. The molecule has 1 saturated heterocycles. The fraction of sp³-hybridized carbons (Fsp3) is 0.438. The molecule has 1 unspecified atom stereocenters. The molecule has 1 N–H and O–H groups in total. The van der Waals surface area contributed by atoms with E-state index in [4.69, 9.17) is 14.0 Å². The highest BCUT2D eigenvalue weighted by Crippen LogP contribution is 2.33. The maximum Gasteiger partial charge on any atom is 0.322 e. The summed E-state index contributed by atoms with van der Waals surface area (Å²) in [6, 6.07) is 4.84. The first-order valence-electron chi connectivity index (χ1n) is 7.72. The summed E-state index contributed by atoms with van der Waals surface area (Å²) in [5, 5.41) is 6.68. The van der Waals surface area contributed by atoms with Gasteiger partial charge in [0.1, 0.15) is 6.04 Å². The van der Waals surface area contributed by atoms with Crippen LogP contribution in [0.4, 0.5) is 10.5 Å². The molecule has 1 aliphatic heterocycles. The van der Waals surface area contributed by atoms with Crippen LogP contribution in [0.5, 0.6) is 11.5 Å². The van der Waals surface area contributed by atoms with Crippen LogP contribution in [0.2, 0.25) is 0 Å². The highest BCUT2D eigenvalue weighted by molar-refractivity contribution is 5.90. The highest BCUT2D eigenvalue weighted by Gasteiger charge is 2.34. The number of urea groups is 1. The van der Waals surface area contributed by atoms with Gasteiger partial charge in [-0.05, 0) is 31.9 Å². The number of nitrogens with one attached hydrogen (secondary N) is 1. The molecular formula is C16H20N4O4. The third-order valence-corrected chi connectivity index (χ3v) is 3.98. The molecule has 1 fully saturated rings. The first kappa shape index (κ1) is 16.1. The fourth-order valence-corrected chi connectivity index (χ4v) is 2.82. The molecule has 8 heteroatoms. The van der Waals surface area contributed by atoms with E-state index in [0.29, 0.717) is 35.4 Å². The van der Waals surface area contributed by atoms with E-state index in [0.717, 1.165) is 12.8 Å². The third-order valence-electron chi connectivity index (χ3n) is 3.98. The molecule has 24 heavy (non-hydrogen) atoms. The quantitative estimate of drug-likeness (QED) is 0.926. The smallest absolute Gasteiger partial charge is 0.322 e. The van der Waals surface area contributed by atoms with E-state index in [9.17, 15) is 4.79 Å². The van der Waals surface area contributed by atoms with Crippen molar-refractivity contribution in [2.45, 2.75) is 25.8 Å². The van der Waals surface area contributed by atoms with Gasteiger partial charge in [-0.25, -0.2) is 4.79 Å². The number of aryl methyl sites for hydroxylation is 1. The molecule has 0 aliphatic carbocycles. The minimum absolute atomic E-state index is 0.189. The largest absolute Gasteiger partial charge is 0.493 e. The average Bonchev–Trinajstić information content (AvgIpc) is 3.23. The van der Waals surface area contributed by atoms with Crippen LogP contribution in [-0.2, 0) is 0 Å². The van der Waals surface area contributed by atoms with Crippen LogP contribution in [0, 0.1) is 6.92 Å². The molecule has 0 bridgehead atoms. The van der Waals surface area contributed by atoms with E-state index < -0.39 is 0 Å². The Kier molecular flexibility index (Phi) is 4.54. The molecule has 128 valence electrons. The predicted molar refractivity (Wildman–Crippen MR) is 86.3 cm³/mol. The Hall–Kier alpha value is -2.77. The summed E-state index contributed by atoms with van der Waals surface area (Å²) in [7, 11) is 3.12. The van der Waals surface area contributed by atoms with E-state index in [-0.39, 0.29) is 12.1 Å². The maximum atomic E-state index is 12.6. The average molecular weight is 332 g/mol. The monoisotopic (exact) mass is 332 g/mol. The molecule has 1 aromatic carbocycles. The van der Waals surface area contributed by atoms with Gasteiger partial charge >= 0.3 is 6.03 Å². The van der Waals surface area contributed by atoms with Gasteiger partial charge in [-0.3, -0.25) is 0 Å². The van der Waals surface area contributed by atoms with Crippen LogP contribution in [0.3, 0.4) is 0 Å². The Morgan fingerprint density at radius 2 is 2.12 bits per heavy atom. The summed E-state index contributed by atoms with van der Waals surface area (Å²) in [5.74, 6) is 2.21. The molecule has 2 amide bonds. The Morgan fingerprint density at radius 1 is 1.33 bits per heavy atom. The lowest BCUT2D eigenvalue weighted by atomic mass is 10.2. The molecule has 3 rings (SSSR count). The molecule has 0 saturated carbocycles. The topological polar surface area (TPSA) is 89.7 Å². The van der Waals surface area contributed by atoms with Crippen molar-refractivity contribution in [3.63, 3.8) is 0 Å². The van der Waals surface area contributed by atoms with Crippen molar-refractivity contribution in [1.29, 1.82) is 0 Å². The number of nitrogens with zero attached hydrogens (tertiary/aromatic N) is 3. The van der Waals surface area contributed by atoms with Gasteiger partial charge in [-0.15, -0.1) is 0 Å². The third kappa shape index (κ3) is 3.12. The molecule has 0 spiro atoms. The highest BCUT2D eigenvalue weighted by atomic mass is 16.5. The first-order chi connectivity index (χ1) is 11.6. The molecule has 2 aromatic rings. The number of hydrogen-bond donors (Lipinski definition) is 1. The van der Waals surface area contributed by atoms with Gasteiger partial charge in [0.05, 0.1) is 14.2 Å². The van der Waals surface area contributed by atoms with Crippen LogP contribution < -0.4 is 14.8 Å². The van der Waals surface area contributed by atoms with Gasteiger partial charge in [-0.1, -0.05) is 5.16 Å². The Labute approximate surface area is 139 Å². The van der Waals surface area contributed by atoms with E-state index in [2.05, 4.69) is 15.5 Å². The van der Waals surface area contributed by atoms with Gasteiger partial charge in [0.15, 0.2) is 17.3 Å². The lowest BCUT2D eigenvalue weighted by molar-refractivity contribution is 0.193. The summed E-state index contributed by atoms with van der Waals surface area (Å²) >= 11 is 0. The zero-order valence-corrected chi connectivity index (χ0v) is 13.9. The van der Waals surface area contributed by atoms with E-state index >= 15 is 0 Å². The number of benzene rings is 1. The minimum Gasteiger partial charge on any atom is -0.493 e. The maximum absolute atomic E-state index is 12.6. The number of methoxy groups -OCH3 is 2. The molecule has 1 atom stereocenters. The van der Waals surface area contributed by atoms with Gasteiger partial charge in [0.25, 0.3) is 0 Å². The predicted octanol–water partition coefficient (Wildman–Crippen LogP) is 2.76. The van der Waals surface area contributed by atoms with Crippen molar-refractivity contribution < 1.29 is 18.8 Å². The Morgan fingerprint density at radius 3 is 2.79 bits per heavy atom. The van der Waals surface area contributed by atoms with E-state index in [1.54, 1.807) is 44.2 Å². The van der Waals surface area contributed by atoms with Crippen LogP contribution in [0.25, 0.3) is 0 Å². The lowest BCUT2D eigenvalue weighted by Gasteiger charge is -2.22. The number of carbonyl (C=O) groups excluding carboxylic acids is 1. The second kappa shape index (κ2) is 6.77. The lowest BCUT2D eigenvalue weighted by Crippen LogP contribution is -2.34. The number of rotatable bonds is 4. The summed E-state index contributed by atoms with van der Waals surface area (Å²) in [6.07, 6.45) is 1.70. The van der Waals surface area contributed by atoms with Gasteiger partial charge in [-0.2, -0.15) is 4.98 Å². The molecule has 8 nitrogen and oxygen atoms in total. The molecule has 0 radical (unpaired) electrons. The number of aromatic nitrogens is 2. The fourth-order valence-electron chi connectivity index (χ4n) is 2.82. The zero-order valence-electron chi connectivity index (χ0n) is 13.9. The summed E-state index contributed by atoms with van der Waals surface area (Å²) < 4.78 is 15.7. The van der Waals surface area contributed by atoms with Crippen molar-refractivity contribution in [2.24, 2.45) is 0 Å². The van der Waals surface area contributed by atoms with Crippen molar-refractivity contribution >= 4 is 11.7 Å². The van der Waals surface area contributed by atoms with Gasteiger partial charge < -0.3 is 24.2 Å². The number of likely N-dealkylation sites (tertiary alicyclic amines) is 1. The summed E-state index contributed by atoms with van der Waals surface area (Å²) in [5.41, 5.74) is 0.630. The first-order valence-corrected chi connectivity index (χ1v) is 7.72. The molecule has 1 aromatic heterocycles. The number of amides is 2. The van der Waals surface area contributed by atoms with Crippen molar-refractivity contribution in [1.82, 2.24) is 15.0 Å². The number of anilines is 1. The second-order valence-electron chi connectivity index (χ2n) is 5.53. The zero-order chi connectivity index (χ0) is 17.1. The normalized spacial score (nSPS) is 17.0. The molecule has 1 aliphatic rings. The minimum atomic E-state index is -0.208. The van der Waals surface area contributed by atoms with Crippen LogP contribution in [-0.4, -0.2) is 41.8 Å². The van der Waals surface area contributed by atoms with Gasteiger partial charge in [0.2, 0.25) is 5.89 Å². The number of ether oxygens (including phenoxy) is 2. The number of carbonyl (C=O) groups is 1. The van der Waals surface area contributed by atoms with E-state index in [1.165, 1.54) is 0 Å².